The molecule has 1 saturated carbocycles. The molecule has 2 fully saturated rings. The number of aliphatic imine (C=N–C) groups is 1. The third-order valence-electron chi connectivity index (χ3n) is 4.61. The van der Waals surface area contributed by atoms with E-state index >= 15 is 0 Å². The number of hydrogen-bond acceptors (Lipinski definition) is 2. The highest BCUT2D eigenvalue weighted by Crippen LogP contribution is 2.29. The summed E-state index contributed by atoms with van der Waals surface area (Å²) in [6, 6.07) is 9.82. The molecule has 5 heteroatoms. The first-order chi connectivity index (χ1) is 11.2. The molecule has 1 saturated heterocycles. The SMILES string of the molecule is CCNC(=NCc1ccc(Br)cc1)NC1CCN(C2CC2)CC1. The van der Waals surface area contributed by atoms with Gasteiger partial charge in [0.15, 0.2) is 5.96 Å². The van der Waals surface area contributed by atoms with Crippen molar-refractivity contribution in [2.45, 2.75) is 51.2 Å². The summed E-state index contributed by atoms with van der Waals surface area (Å²) in [6.45, 7) is 6.19. The highest BCUT2D eigenvalue weighted by atomic mass is 79.9. The monoisotopic (exact) mass is 378 g/mol. The second-order valence-electron chi connectivity index (χ2n) is 6.51. The van der Waals surface area contributed by atoms with Gasteiger partial charge in [0.25, 0.3) is 0 Å². The summed E-state index contributed by atoms with van der Waals surface area (Å²) in [7, 11) is 0. The van der Waals surface area contributed by atoms with Gasteiger partial charge < -0.3 is 15.5 Å². The minimum absolute atomic E-state index is 0.549. The second kappa shape index (κ2) is 8.15. The molecule has 3 rings (SSSR count). The van der Waals surface area contributed by atoms with Crippen LogP contribution < -0.4 is 10.6 Å². The van der Waals surface area contributed by atoms with Crippen molar-refractivity contribution in [3.8, 4) is 0 Å². The molecular formula is C18H27BrN4. The Morgan fingerprint density at radius 1 is 1.17 bits per heavy atom. The Hall–Kier alpha value is -1.07. The van der Waals surface area contributed by atoms with Gasteiger partial charge in [-0.25, -0.2) is 4.99 Å². The van der Waals surface area contributed by atoms with Gasteiger partial charge >= 0.3 is 0 Å². The maximum absolute atomic E-state index is 4.74. The van der Waals surface area contributed by atoms with E-state index in [1.165, 1.54) is 44.3 Å². The van der Waals surface area contributed by atoms with E-state index in [-0.39, 0.29) is 0 Å². The summed E-state index contributed by atoms with van der Waals surface area (Å²) < 4.78 is 1.11. The first-order valence-corrected chi connectivity index (χ1v) is 9.57. The number of halogens is 1. The third kappa shape index (κ3) is 5.21. The van der Waals surface area contributed by atoms with Gasteiger partial charge in [-0.3, -0.25) is 0 Å². The smallest absolute Gasteiger partial charge is 0.191 e. The lowest BCUT2D eigenvalue weighted by Crippen LogP contribution is -2.49. The average molecular weight is 379 g/mol. The number of likely N-dealkylation sites (tertiary alicyclic amines) is 1. The Morgan fingerprint density at radius 2 is 1.87 bits per heavy atom. The maximum Gasteiger partial charge on any atom is 0.191 e. The van der Waals surface area contributed by atoms with Crippen molar-refractivity contribution in [2.24, 2.45) is 4.99 Å². The largest absolute Gasteiger partial charge is 0.357 e. The number of piperidine rings is 1. The minimum atomic E-state index is 0.549. The van der Waals surface area contributed by atoms with Crippen LogP contribution in [0.15, 0.2) is 33.7 Å². The van der Waals surface area contributed by atoms with E-state index in [2.05, 4.69) is 62.7 Å². The number of benzene rings is 1. The summed E-state index contributed by atoms with van der Waals surface area (Å²) in [5.41, 5.74) is 1.23. The number of guanidine groups is 1. The topological polar surface area (TPSA) is 39.7 Å². The fraction of sp³-hybridized carbons (Fsp3) is 0.611. The van der Waals surface area contributed by atoms with E-state index in [1.807, 2.05) is 0 Å². The van der Waals surface area contributed by atoms with Crippen molar-refractivity contribution >= 4 is 21.9 Å². The zero-order valence-corrected chi connectivity index (χ0v) is 15.5. The first-order valence-electron chi connectivity index (χ1n) is 8.78. The Morgan fingerprint density at radius 3 is 2.48 bits per heavy atom. The second-order valence-corrected chi connectivity index (χ2v) is 7.42. The molecule has 0 radical (unpaired) electrons. The normalized spacial score (nSPS) is 20.5. The highest BCUT2D eigenvalue weighted by Gasteiger charge is 2.31. The van der Waals surface area contributed by atoms with Crippen molar-refractivity contribution in [3.05, 3.63) is 34.3 Å². The van der Waals surface area contributed by atoms with Crippen LogP contribution in [-0.4, -0.2) is 42.6 Å². The molecule has 126 valence electrons. The number of nitrogens with one attached hydrogen (secondary N) is 2. The lowest BCUT2D eigenvalue weighted by atomic mass is 10.1. The van der Waals surface area contributed by atoms with Gasteiger partial charge in [-0.15, -0.1) is 0 Å². The number of hydrogen-bond donors (Lipinski definition) is 2. The fourth-order valence-electron chi connectivity index (χ4n) is 3.12. The molecule has 0 unspecified atom stereocenters. The van der Waals surface area contributed by atoms with Gasteiger partial charge in [0.05, 0.1) is 6.54 Å². The molecule has 0 bridgehead atoms. The Kier molecular flexibility index (Phi) is 5.95. The Balaban J connectivity index is 1.51. The summed E-state index contributed by atoms with van der Waals surface area (Å²) in [4.78, 5) is 7.40. The molecule has 0 spiro atoms. The number of nitrogens with zero attached hydrogens (tertiary/aromatic N) is 2. The summed E-state index contributed by atoms with van der Waals surface area (Å²) in [5.74, 6) is 0.945. The summed E-state index contributed by atoms with van der Waals surface area (Å²) in [6.07, 6.45) is 5.27. The van der Waals surface area contributed by atoms with Crippen LogP contribution in [0, 0.1) is 0 Å². The molecule has 0 atom stereocenters. The van der Waals surface area contributed by atoms with Crippen molar-refractivity contribution in [2.75, 3.05) is 19.6 Å². The molecule has 0 aromatic heterocycles. The van der Waals surface area contributed by atoms with Crippen LogP contribution in [0.4, 0.5) is 0 Å². The molecule has 1 aliphatic carbocycles. The van der Waals surface area contributed by atoms with Crippen LogP contribution >= 0.6 is 15.9 Å². The lowest BCUT2D eigenvalue weighted by molar-refractivity contribution is 0.197. The van der Waals surface area contributed by atoms with Crippen LogP contribution in [0.2, 0.25) is 0 Å². The quantitative estimate of drug-likeness (QED) is 0.610. The van der Waals surface area contributed by atoms with E-state index in [0.717, 1.165) is 23.0 Å². The molecule has 1 aliphatic heterocycles. The van der Waals surface area contributed by atoms with Crippen molar-refractivity contribution in [1.29, 1.82) is 0 Å². The third-order valence-corrected chi connectivity index (χ3v) is 5.14. The van der Waals surface area contributed by atoms with Crippen LogP contribution in [0.1, 0.15) is 38.2 Å². The van der Waals surface area contributed by atoms with E-state index in [1.54, 1.807) is 0 Å². The molecule has 1 heterocycles. The molecule has 0 amide bonds. The maximum atomic E-state index is 4.74. The Bertz CT molecular complexity index is 516. The van der Waals surface area contributed by atoms with Gasteiger partial charge in [-0.05, 0) is 50.3 Å². The summed E-state index contributed by atoms with van der Waals surface area (Å²) >= 11 is 3.47. The number of rotatable bonds is 5. The van der Waals surface area contributed by atoms with Gasteiger partial charge in [0.1, 0.15) is 0 Å². The molecule has 4 nitrogen and oxygen atoms in total. The molecule has 1 aromatic carbocycles. The minimum Gasteiger partial charge on any atom is -0.357 e. The van der Waals surface area contributed by atoms with Crippen LogP contribution in [-0.2, 0) is 6.54 Å². The van der Waals surface area contributed by atoms with Crippen LogP contribution in [0.25, 0.3) is 0 Å². The molecular weight excluding hydrogens is 352 g/mol. The molecule has 2 N–H and O–H groups in total. The zero-order chi connectivity index (χ0) is 16.1. The Labute approximate surface area is 147 Å². The highest BCUT2D eigenvalue weighted by molar-refractivity contribution is 9.10. The standard InChI is InChI=1S/C18H27BrN4/c1-2-20-18(21-13-14-3-5-15(19)6-4-14)22-16-9-11-23(12-10-16)17-7-8-17/h3-6,16-17H,2,7-13H2,1H3,(H2,20,21,22). The van der Waals surface area contributed by atoms with Gasteiger partial charge in [-0.1, -0.05) is 28.1 Å². The van der Waals surface area contributed by atoms with E-state index in [0.29, 0.717) is 12.6 Å². The van der Waals surface area contributed by atoms with Crippen molar-refractivity contribution < 1.29 is 0 Å². The first kappa shape index (κ1) is 16.8. The van der Waals surface area contributed by atoms with Crippen molar-refractivity contribution in [3.63, 3.8) is 0 Å². The predicted octanol–water partition coefficient (Wildman–Crippen LogP) is 3.13. The van der Waals surface area contributed by atoms with Gasteiger partial charge in [-0.2, -0.15) is 0 Å². The van der Waals surface area contributed by atoms with E-state index in [9.17, 15) is 0 Å². The van der Waals surface area contributed by atoms with Gasteiger partial charge in [0.2, 0.25) is 0 Å². The molecule has 23 heavy (non-hydrogen) atoms. The average Bonchev–Trinajstić information content (AvgIpc) is 3.40. The van der Waals surface area contributed by atoms with Gasteiger partial charge in [0, 0.05) is 36.2 Å². The predicted molar refractivity (Wildman–Crippen MR) is 99.7 cm³/mol. The van der Waals surface area contributed by atoms with E-state index < -0.39 is 0 Å². The lowest BCUT2D eigenvalue weighted by Gasteiger charge is -2.33. The van der Waals surface area contributed by atoms with Crippen molar-refractivity contribution in [1.82, 2.24) is 15.5 Å². The van der Waals surface area contributed by atoms with E-state index in [4.69, 9.17) is 4.99 Å². The summed E-state index contributed by atoms with van der Waals surface area (Å²) in [5, 5.41) is 7.00. The zero-order valence-electron chi connectivity index (χ0n) is 13.9. The fourth-order valence-corrected chi connectivity index (χ4v) is 3.39. The molecule has 1 aromatic rings. The molecule has 2 aliphatic rings. The van der Waals surface area contributed by atoms with Crippen LogP contribution in [0.3, 0.4) is 0 Å². The van der Waals surface area contributed by atoms with Crippen LogP contribution in [0.5, 0.6) is 0 Å².